The van der Waals surface area contributed by atoms with Crippen molar-refractivity contribution in [3.8, 4) is 0 Å². The molecule has 3 heteroatoms. The van der Waals surface area contributed by atoms with E-state index in [2.05, 4.69) is 12.2 Å². The molecule has 0 fully saturated rings. The van der Waals surface area contributed by atoms with Crippen molar-refractivity contribution < 1.29 is 4.79 Å². The van der Waals surface area contributed by atoms with E-state index in [0.29, 0.717) is 11.3 Å². The number of hydrogen-bond donors (Lipinski definition) is 2. The normalized spacial score (nSPS) is 10.2. The highest BCUT2D eigenvalue weighted by molar-refractivity contribution is 5.99. The fourth-order valence-electron chi connectivity index (χ4n) is 1.73. The lowest BCUT2D eigenvalue weighted by Gasteiger charge is -2.09. The summed E-state index contributed by atoms with van der Waals surface area (Å²) < 4.78 is 0. The van der Waals surface area contributed by atoms with Crippen molar-refractivity contribution in [1.29, 1.82) is 0 Å². The standard InChI is InChI=1S/C14H22N2O/c1-3-4-5-6-10-16-14(17)12-9-7-8-11(2)13(12)15/h7-9H,3-6,10,15H2,1-2H3,(H,16,17). The van der Waals surface area contributed by atoms with Gasteiger partial charge in [0.05, 0.1) is 5.56 Å². The molecule has 0 saturated heterocycles. The van der Waals surface area contributed by atoms with E-state index in [1.165, 1.54) is 19.3 Å². The Kier molecular flexibility index (Phi) is 5.53. The second kappa shape index (κ2) is 6.94. The van der Waals surface area contributed by atoms with Crippen molar-refractivity contribution in [1.82, 2.24) is 5.32 Å². The van der Waals surface area contributed by atoms with Gasteiger partial charge in [-0.05, 0) is 25.0 Å². The SMILES string of the molecule is CCCCCCNC(=O)c1cccc(C)c1N. The number of carbonyl (C=O) groups is 1. The van der Waals surface area contributed by atoms with Crippen molar-refractivity contribution in [3.05, 3.63) is 29.3 Å². The van der Waals surface area contributed by atoms with Crippen LogP contribution in [0, 0.1) is 6.92 Å². The molecule has 0 bridgehead atoms. The summed E-state index contributed by atoms with van der Waals surface area (Å²) in [6.45, 7) is 4.81. The molecule has 0 heterocycles. The summed E-state index contributed by atoms with van der Waals surface area (Å²) in [7, 11) is 0. The molecule has 1 rings (SSSR count). The molecule has 0 saturated carbocycles. The van der Waals surface area contributed by atoms with Gasteiger partial charge in [-0.15, -0.1) is 0 Å². The number of nitrogen functional groups attached to an aromatic ring is 1. The van der Waals surface area contributed by atoms with Crippen LogP contribution in [0.5, 0.6) is 0 Å². The monoisotopic (exact) mass is 234 g/mol. The fourth-order valence-corrected chi connectivity index (χ4v) is 1.73. The van der Waals surface area contributed by atoms with Crippen LogP contribution in [0.1, 0.15) is 48.5 Å². The number of para-hydroxylation sites is 1. The first kappa shape index (κ1) is 13.6. The van der Waals surface area contributed by atoms with Crippen LogP contribution in [0.3, 0.4) is 0 Å². The van der Waals surface area contributed by atoms with E-state index >= 15 is 0 Å². The maximum atomic E-state index is 11.9. The molecule has 0 atom stereocenters. The van der Waals surface area contributed by atoms with Crippen molar-refractivity contribution in [2.45, 2.75) is 39.5 Å². The van der Waals surface area contributed by atoms with Crippen LogP contribution in [0.4, 0.5) is 5.69 Å². The summed E-state index contributed by atoms with van der Waals surface area (Å²) in [5.74, 6) is -0.0669. The Morgan fingerprint density at radius 3 is 2.76 bits per heavy atom. The van der Waals surface area contributed by atoms with Gasteiger partial charge >= 0.3 is 0 Å². The second-order valence-electron chi connectivity index (χ2n) is 4.35. The predicted molar refractivity (Wildman–Crippen MR) is 72.1 cm³/mol. The molecule has 1 aromatic rings. The van der Waals surface area contributed by atoms with Gasteiger partial charge in [-0.3, -0.25) is 4.79 Å². The predicted octanol–water partition coefficient (Wildman–Crippen LogP) is 2.89. The van der Waals surface area contributed by atoms with Crippen LogP contribution >= 0.6 is 0 Å². The van der Waals surface area contributed by atoms with Crippen LogP contribution in [-0.2, 0) is 0 Å². The molecule has 3 N–H and O–H groups in total. The smallest absolute Gasteiger partial charge is 0.253 e. The Labute approximate surface area is 103 Å². The summed E-state index contributed by atoms with van der Waals surface area (Å²) in [4.78, 5) is 11.9. The molecule has 0 aliphatic carbocycles. The zero-order valence-electron chi connectivity index (χ0n) is 10.8. The number of nitrogens with two attached hydrogens (primary N) is 1. The van der Waals surface area contributed by atoms with Gasteiger partial charge < -0.3 is 11.1 Å². The average molecular weight is 234 g/mol. The minimum Gasteiger partial charge on any atom is -0.398 e. The van der Waals surface area contributed by atoms with Gasteiger partial charge in [-0.25, -0.2) is 0 Å². The summed E-state index contributed by atoms with van der Waals surface area (Å²) >= 11 is 0. The van der Waals surface area contributed by atoms with E-state index in [9.17, 15) is 4.79 Å². The summed E-state index contributed by atoms with van der Waals surface area (Å²) in [5.41, 5.74) is 7.99. The molecule has 0 aliphatic heterocycles. The van der Waals surface area contributed by atoms with Crippen LogP contribution in [0.15, 0.2) is 18.2 Å². The first-order chi connectivity index (χ1) is 8.16. The maximum Gasteiger partial charge on any atom is 0.253 e. The number of rotatable bonds is 6. The Morgan fingerprint density at radius 2 is 2.06 bits per heavy atom. The largest absolute Gasteiger partial charge is 0.398 e. The summed E-state index contributed by atoms with van der Waals surface area (Å²) in [6, 6.07) is 5.54. The number of hydrogen-bond acceptors (Lipinski definition) is 2. The van der Waals surface area contributed by atoms with Crippen LogP contribution < -0.4 is 11.1 Å². The lowest BCUT2D eigenvalue weighted by Crippen LogP contribution is -2.25. The minimum absolute atomic E-state index is 0.0669. The van der Waals surface area contributed by atoms with Gasteiger partial charge in [0.15, 0.2) is 0 Å². The molecule has 1 aromatic carbocycles. The molecule has 0 unspecified atom stereocenters. The van der Waals surface area contributed by atoms with Crippen molar-refractivity contribution in [3.63, 3.8) is 0 Å². The third-order valence-electron chi connectivity index (χ3n) is 2.88. The second-order valence-corrected chi connectivity index (χ2v) is 4.35. The molecule has 0 aliphatic rings. The van der Waals surface area contributed by atoms with E-state index in [0.717, 1.165) is 18.5 Å². The third kappa shape index (κ3) is 4.10. The van der Waals surface area contributed by atoms with E-state index in [-0.39, 0.29) is 5.91 Å². The average Bonchev–Trinajstić information content (AvgIpc) is 2.32. The van der Waals surface area contributed by atoms with Crippen molar-refractivity contribution in [2.24, 2.45) is 0 Å². The van der Waals surface area contributed by atoms with Gasteiger partial charge in [-0.2, -0.15) is 0 Å². The number of aryl methyl sites for hydroxylation is 1. The zero-order valence-corrected chi connectivity index (χ0v) is 10.8. The Morgan fingerprint density at radius 1 is 1.29 bits per heavy atom. The van der Waals surface area contributed by atoms with Gasteiger partial charge in [0, 0.05) is 12.2 Å². The van der Waals surface area contributed by atoms with Crippen LogP contribution in [0.2, 0.25) is 0 Å². The molecule has 0 aromatic heterocycles. The van der Waals surface area contributed by atoms with E-state index in [1.807, 2.05) is 19.1 Å². The van der Waals surface area contributed by atoms with E-state index in [4.69, 9.17) is 5.73 Å². The molecular formula is C14H22N2O. The molecule has 94 valence electrons. The maximum absolute atomic E-state index is 11.9. The molecule has 3 nitrogen and oxygen atoms in total. The number of benzene rings is 1. The number of carbonyl (C=O) groups excluding carboxylic acids is 1. The number of unbranched alkanes of at least 4 members (excludes halogenated alkanes) is 3. The van der Waals surface area contributed by atoms with Gasteiger partial charge in [0.2, 0.25) is 0 Å². The van der Waals surface area contributed by atoms with Crippen LogP contribution in [-0.4, -0.2) is 12.5 Å². The Hall–Kier alpha value is -1.51. The number of amides is 1. The highest BCUT2D eigenvalue weighted by Crippen LogP contribution is 2.16. The van der Waals surface area contributed by atoms with Crippen molar-refractivity contribution >= 4 is 11.6 Å². The zero-order chi connectivity index (χ0) is 12.7. The van der Waals surface area contributed by atoms with Gasteiger partial charge in [0.25, 0.3) is 5.91 Å². The third-order valence-corrected chi connectivity index (χ3v) is 2.88. The number of anilines is 1. The topological polar surface area (TPSA) is 55.1 Å². The molecule has 0 spiro atoms. The van der Waals surface area contributed by atoms with E-state index < -0.39 is 0 Å². The number of nitrogens with one attached hydrogen (secondary N) is 1. The lowest BCUT2D eigenvalue weighted by atomic mass is 10.1. The Bertz CT molecular complexity index is 374. The van der Waals surface area contributed by atoms with Crippen molar-refractivity contribution in [2.75, 3.05) is 12.3 Å². The first-order valence-electron chi connectivity index (χ1n) is 6.30. The fraction of sp³-hybridized carbons (Fsp3) is 0.500. The Balaban J connectivity index is 2.44. The molecule has 1 amide bonds. The lowest BCUT2D eigenvalue weighted by molar-refractivity contribution is 0.0954. The molecular weight excluding hydrogens is 212 g/mol. The molecule has 0 radical (unpaired) electrons. The van der Waals surface area contributed by atoms with Gasteiger partial charge in [0.1, 0.15) is 0 Å². The van der Waals surface area contributed by atoms with Crippen LogP contribution in [0.25, 0.3) is 0 Å². The molecule has 17 heavy (non-hydrogen) atoms. The quantitative estimate of drug-likeness (QED) is 0.587. The first-order valence-corrected chi connectivity index (χ1v) is 6.30. The minimum atomic E-state index is -0.0669. The summed E-state index contributed by atoms with van der Waals surface area (Å²) in [5, 5.41) is 2.91. The summed E-state index contributed by atoms with van der Waals surface area (Å²) in [6.07, 6.45) is 4.63. The van der Waals surface area contributed by atoms with Gasteiger partial charge in [-0.1, -0.05) is 38.3 Å². The highest BCUT2D eigenvalue weighted by atomic mass is 16.1. The highest BCUT2D eigenvalue weighted by Gasteiger charge is 2.09. The van der Waals surface area contributed by atoms with E-state index in [1.54, 1.807) is 6.07 Å².